The molecular weight excluding hydrogens is 244 g/mol. The van der Waals surface area contributed by atoms with Crippen molar-refractivity contribution in [3.8, 4) is 11.5 Å². The number of aryl methyl sites for hydroxylation is 1. The van der Waals surface area contributed by atoms with E-state index in [1.165, 1.54) is 0 Å². The van der Waals surface area contributed by atoms with Gasteiger partial charge >= 0.3 is 0 Å². The Kier molecular flexibility index (Phi) is 4.12. The van der Waals surface area contributed by atoms with Crippen molar-refractivity contribution < 1.29 is 19.0 Å². The van der Waals surface area contributed by atoms with Gasteiger partial charge in [-0.05, 0) is 23.8 Å². The summed E-state index contributed by atoms with van der Waals surface area (Å²) in [6, 6.07) is 7.14. The summed E-state index contributed by atoms with van der Waals surface area (Å²) in [7, 11) is 3.17. The standard InChI is InChI=1S/C15H18O4/c1-4-14-13(5-6-19-14)15(16)10-7-11(17-2)9-12(8-10)18-3/h5-9,15-16H,4H2,1-3H3. The number of hydrogen-bond acceptors (Lipinski definition) is 4. The van der Waals surface area contributed by atoms with Crippen LogP contribution in [0.4, 0.5) is 0 Å². The summed E-state index contributed by atoms with van der Waals surface area (Å²) in [5.41, 5.74) is 1.49. The topological polar surface area (TPSA) is 51.8 Å². The van der Waals surface area contributed by atoms with E-state index in [9.17, 15) is 5.11 Å². The lowest BCUT2D eigenvalue weighted by Gasteiger charge is -2.14. The van der Waals surface area contributed by atoms with Gasteiger partial charge in [-0.1, -0.05) is 6.92 Å². The quantitative estimate of drug-likeness (QED) is 0.900. The summed E-state index contributed by atoms with van der Waals surface area (Å²) >= 11 is 0. The van der Waals surface area contributed by atoms with E-state index in [2.05, 4.69) is 0 Å². The molecule has 2 aromatic rings. The first-order valence-electron chi connectivity index (χ1n) is 6.16. The molecule has 4 nitrogen and oxygen atoms in total. The van der Waals surface area contributed by atoms with Gasteiger partial charge < -0.3 is 19.0 Å². The molecule has 0 bridgehead atoms. The molecule has 102 valence electrons. The van der Waals surface area contributed by atoms with Gasteiger partial charge in [-0.15, -0.1) is 0 Å². The average Bonchev–Trinajstić information content (AvgIpc) is 2.94. The van der Waals surface area contributed by atoms with Crippen molar-refractivity contribution in [2.24, 2.45) is 0 Å². The fraction of sp³-hybridized carbons (Fsp3) is 0.333. The summed E-state index contributed by atoms with van der Waals surface area (Å²) in [6.07, 6.45) is 1.58. The molecule has 0 aliphatic heterocycles. The second-order valence-electron chi connectivity index (χ2n) is 4.20. The fourth-order valence-corrected chi connectivity index (χ4v) is 2.05. The van der Waals surface area contributed by atoms with Crippen molar-refractivity contribution in [3.63, 3.8) is 0 Å². The van der Waals surface area contributed by atoms with Crippen molar-refractivity contribution in [3.05, 3.63) is 47.4 Å². The summed E-state index contributed by atoms with van der Waals surface area (Å²) < 4.78 is 15.8. The molecule has 0 fully saturated rings. The van der Waals surface area contributed by atoms with E-state index in [0.29, 0.717) is 17.1 Å². The molecule has 0 saturated heterocycles. The maximum absolute atomic E-state index is 10.5. The van der Waals surface area contributed by atoms with Crippen LogP contribution in [0.1, 0.15) is 29.9 Å². The highest BCUT2D eigenvalue weighted by Gasteiger charge is 2.18. The van der Waals surface area contributed by atoms with Gasteiger partial charge in [-0.2, -0.15) is 0 Å². The lowest BCUT2D eigenvalue weighted by Crippen LogP contribution is -2.02. The number of methoxy groups -OCH3 is 2. The third-order valence-corrected chi connectivity index (χ3v) is 3.09. The van der Waals surface area contributed by atoms with Gasteiger partial charge in [0.25, 0.3) is 0 Å². The minimum absolute atomic E-state index is 0.648. The summed E-state index contributed by atoms with van der Waals surface area (Å²) in [4.78, 5) is 0. The molecule has 4 heteroatoms. The van der Waals surface area contributed by atoms with Crippen LogP contribution in [0, 0.1) is 0 Å². The largest absolute Gasteiger partial charge is 0.497 e. The van der Waals surface area contributed by atoms with Crippen molar-refractivity contribution in [1.82, 2.24) is 0 Å². The first kappa shape index (κ1) is 13.5. The Hall–Kier alpha value is -1.94. The van der Waals surface area contributed by atoms with Crippen molar-refractivity contribution >= 4 is 0 Å². The Morgan fingerprint density at radius 3 is 2.32 bits per heavy atom. The molecule has 0 radical (unpaired) electrons. The van der Waals surface area contributed by atoms with E-state index in [-0.39, 0.29) is 0 Å². The van der Waals surface area contributed by atoms with Crippen LogP contribution in [0.25, 0.3) is 0 Å². The highest BCUT2D eigenvalue weighted by atomic mass is 16.5. The van der Waals surface area contributed by atoms with Gasteiger partial charge in [0.2, 0.25) is 0 Å². The normalized spacial score (nSPS) is 12.2. The van der Waals surface area contributed by atoms with E-state index < -0.39 is 6.10 Å². The number of rotatable bonds is 5. The zero-order valence-corrected chi connectivity index (χ0v) is 11.3. The number of furan rings is 1. The lowest BCUT2D eigenvalue weighted by atomic mass is 10.0. The molecule has 0 spiro atoms. The van der Waals surface area contributed by atoms with Gasteiger partial charge in [-0.25, -0.2) is 0 Å². The molecule has 0 saturated carbocycles. The number of hydrogen-bond donors (Lipinski definition) is 1. The Balaban J connectivity index is 2.40. The maximum atomic E-state index is 10.5. The number of aliphatic hydroxyl groups is 1. The second-order valence-corrected chi connectivity index (χ2v) is 4.20. The molecule has 1 unspecified atom stereocenters. The molecule has 1 heterocycles. The van der Waals surface area contributed by atoms with Gasteiger partial charge in [0.15, 0.2) is 0 Å². The third-order valence-electron chi connectivity index (χ3n) is 3.09. The zero-order chi connectivity index (χ0) is 13.8. The molecule has 0 amide bonds. The zero-order valence-electron chi connectivity index (χ0n) is 11.3. The first-order chi connectivity index (χ1) is 9.19. The van der Waals surface area contributed by atoms with E-state index in [1.807, 2.05) is 6.92 Å². The molecule has 1 aromatic heterocycles. The SMILES string of the molecule is CCc1occc1C(O)c1cc(OC)cc(OC)c1. The minimum atomic E-state index is -0.752. The molecule has 0 aliphatic rings. The Morgan fingerprint density at radius 2 is 1.79 bits per heavy atom. The molecule has 0 aliphatic carbocycles. The van der Waals surface area contributed by atoms with E-state index in [0.717, 1.165) is 17.7 Å². The molecule has 1 N–H and O–H groups in total. The van der Waals surface area contributed by atoms with Gasteiger partial charge in [0.05, 0.1) is 20.5 Å². The van der Waals surface area contributed by atoms with Gasteiger partial charge in [0.1, 0.15) is 23.4 Å². The van der Waals surface area contributed by atoms with E-state index >= 15 is 0 Å². The third kappa shape index (κ3) is 2.74. The van der Waals surface area contributed by atoms with Crippen LogP contribution in [-0.4, -0.2) is 19.3 Å². The van der Waals surface area contributed by atoms with Crippen molar-refractivity contribution in [2.45, 2.75) is 19.4 Å². The first-order valence-corrected chi connectivity index (χ1v) is 6.16. The Morgan fingerprint density at radius 1 is 1.16 bits per heavy atom. The van der Waals surface area contributed by atoms with Crippen molar-refractivity contribution in [1.29, 1.82) is 0 Å². The Bertz CT molecular complexity index is 523. The summed E-state index contributed by atoms with van der Waals surface area (Å²) in [5.74, 6) is 2.08. The maximum Gasteiger partial charge on any atom is 0.122 e. The molecule has 1 atom stereocenters. The van der Waals surface area contributed by atoms with Crippen molar-refractivity contribution in [2.75, 3.05) is 14.2 Å². The summed E-state index contributed by atoms with van der Waals surface area (Å²) in [6.45, 7) is 1.99. The second kappa shape index (κ2) is 5.80. The highest BCUT2D eigenvalue weighted by Crippen LogP contribution is 2.31. The van der Waals surface area contributed by atoms with Crippen LogP contribution in [0.2, 0.25) is 0 Å². The smallest absolute Gasteiger partial charge is 0.122 e. The molecule has 2 rings (SSSR count). The van der Waals surface area contributed by atoms with Crippen LogP contribution in [0.15, 0.2) is 34.9 Å². The van der Waals surface area contributed by atoms with Crippen LogP contribution < -0.4 is 9.47 Å². The van der Waals surface area contributed by atoms with Crippen LogP contribution in [0.3, 0.4) is 0 Å². The predicted octanol–water partition coefficient (Wildman–Crippen LogP) is 2.94. The molecule has 19 heavy (non-hydrogen) atoms. The number of ether oxygens (including phenoxy) is 2. The number of benzene rings is 1. The van der Waals surface area contributed by atoms with Gasteiger partial charge in [0, 0.05) is 18.1 Å². The highest BCUT2D eigenvalue weighted by molar-refractivity contribution is 5.42. The van der Waals surface area contributed by atoms with E-state index in [1.54, 1.807) is 44.7 Å². The molecular formula is C15H18O4. The summed E-state index contributed by atoms with van der Waals surface area (Å²) in [5, 5.41) is 10.5. The minimum Gasteiger partial charge on any atom is -0.497 e. The Labute approximate surface area is 112 Å². The van der Waals surface area contributed by atoms with Crippen LogP contribution >= 0.6 is 0 Å². The van der Waals surface area contributed by atoms with Crippen LogP contribution in [0.5, 0.6) is 11.5 Å². The van der Waals surface area contributed by atoms with Gasteiger partial charge in [-0.3, -0.25) is 0 Å². The predicted molar refractivity (Wildman–Crippen MR) is 71.7 cm³/mol. The fourth-order valence-electron chi connectivity index (χ4n) is 2.05. The number of aliphatic hydroxyl groups excluding tert-OH is 1. The van der Waals surface area contributed by atoms with Crippen LogP contribution in [-0.2, 0) is 6.42 Å². The monoisotopic (exact) mass is 262 g/mol. The lowest BCUT2D eigenvalue weighted by molar-refractivity contribution is 0.216. The average molecular weight is 262 g/mol. The molecule has 1 aromatic carbocycles. The van der Waals surface area contributed by atoms with E-state index in [4.69, 9.17) is 13.9 Å².